The summed E-state index contributed by atoms with van der Waals surface area (Å²) in [5, 5.41) is 4.19. The number of benzene rings is 2. The third kappa shape index (κ3) is 3.80. The van der Waals surface area contributed by atoms with Gasteiger partial charge in [-0.05, 0) is 35.2 Å². The molecule has 0 spiro atoms. The Morgan fingerprint density at radius 3 is 2.32 bits per heavy atom. The van der Waals surface area contributed by atoms with Crippen LogP contribution in [0.25, 0.3) is 5.95 Å². The zero-order valence-electron chi connectivity index (χ0n) is 13.8. The van der Waals surface area contributed by atoms with Crippen LogP contribution in [0.4, 0.5) is 0 Å². The molecule has 0 aliphatic rings. The largest absolute Gasteiger partial charge is 0.250 e. The Bertz CT molecular complexity index is 947. The fraction of sp³-hybridized carbons (Fsp3) is 0.0952. The molecule has 2 aromatic heterocycles. The van der Waals surface area contributed by atoms with Gasteiger partial charge in [0.05, 0.1) is 5.69 Å². The number of nitrogens with zero attached hydrogens (tertiary/aromatic N) is 4. The maximum atomic E-state index is 4.61. The Labute approximate surface area is 146 Å². The molecule has 4 nitrogen and oxygen atoms in total. The van der Waals surface area contributed by atoms with Crippen molar-refractivity contribution in [3.05, 3.63) is 108 Å². The monoisotopic (exact) mass is 326 g/mol. The SMILES string of the molecule is c1ccc(Cc2cccc(Cc3ccnc(-n4cccn4)n3)c2)cc1. The normalized spacial score (nSPS) is 10.7. The first-order chi connectivity index (χ1) is 12.4. The van der Waals surface area contributed by atoms with Gasteiger partial charge in [-0.15, -0.1) is 0 Å². The molecular weight excluding hydrogens is 308 g/mol. The molecule has 0 N–H and O–H groups in total. The summed E-state index contributed by atoms with van der Waals surface area (Å²) < 4.78 is 1.68. The zero-order valence-corrected chi connectivity index (χ0v) is 13.8. The average molecular weight is 326 g/mol. The van der Waals surface area contributed by atoms with Crippen LogP contribution in [0.15, 0.2) is 85.3 Å². The Balaban J connectivity index is 1.53. The van der Waals surface area contributed by atoms with Crippen molar-refractivity contribution in [2.24, 2.45) is 0 Å². The topological polar surface area (TPSA) is 43.6 Å². The van der Waals surface area contributed by atoms with Crippen molar-refractivity contribution in [3.8, 4) is 5.95 Å². The molecule has 0 aliphatic heterocycles. The summed E-state index contributed by atoms with van der Waals surface area (Å²) in [5.41, 5.74) is 4.86. The molecule has 25 heavy (non-hydrogen) atoms. The van der Waals surface area contributed by atoms with E-state index in [4.69, 9.17) is 0 Å². The van der Waals surface area contributed by atoms with Crippen molar-refractivity contribution in [1.29, 1.82) is 0 Å². The fourth-order valence-corrected chi connectivity index (χ4v) is 2.87. The second kappa shape index (κ2) is 7.09. The van der Waals surface area contributed by atoms with E-state index in [0.29, 0.717) is 5.95 Å². The lowest BCUT2D eigenvalue weighted by Crippen LogP contribution is -2.04. The number of aromatic nitrogens is 4. The van der Waals surface area contributed by atoms with Crippen LogP contribution >= 0.6 is 0 Å². The molecule has 0 bridgehead atoms. The smallest absolute Gasteiger partial charge is 0.220 e. The highest BCUT2D eigenvalue weighted by Gasteiger charge is 2.04. The summed E-state index contributed by atoms with van der Waals surface area (Å²) in [4.78, 5) is 8.90. The van der Waals surface area contributed by atoms with Gasteiger partial charge in [-0.2, -0.15) is 5.10 Å². The molecule has 0 radical (unpaired) electrons. The van der Waals surface area contributed by atoms with Crippen LogP contribution in [0.3, 0.4) is 0 Å². The lowest BCUT2D eigenvalue weighted by atomic mass is 10.0. The van der Waals surface area contributed by atoms with Crippen molar-refractivity contribution in [3.63, 3.8) is 0 Å². The molecule has 0 unspecified atom stereocenters. The minimum atomic E-state index is 0.600. The molecule has 4 heteroatoms. The lowest BCUT2D eigenvalue weighted by Gasteiger charge is -2.07. The third-order valence-electron chi connectivity index (χ3n) is 4.04. The Kier molecular flexibility index (Phi) is 4.33. The third-order valence-corrected chi connectivity index (χ3v) is 4.04. The molecule has 0 aliphatic carbocycles. The predicted molar refractivity (Wildman–Crippen MR) is 97.7 cm³/mol. The Hall–Kier alpha value is -3.27. The summed E-state index contributed by atoms with van der Waals surface area (Å²) in [6.07, 6.45) is 7.08. The van der Waals surface area contributed by atoms with Gasteiger partial charge in [0.25, 0.3) is 5.95 Å². The summed E-state index contributed by atoms with van der Waals surface area (Å²) in [5.74, 6) is 0.600. The molecule has 0 saturated carbocycles. The van der Waals surface area contributed by atoms with Gasteiger partial charge >= 0.3 is 0 Å². The zero-order chi connectivity index (χ0) is 16.9. The fourth-order valence-electron chi connectivity index (χ4n) is 2.87. The van der Waals surface area contributed by atoms with E-state index in [2.05, 4.69) is 63.6 Å². The van der Waals surface area contributed by atoms with E-state index in [0.717, 1.165) is 18.5 Å². The molecule has 0 saturated heterocycles. The standard InChI is InChI=1S/C21H18N4/c1-2-6-17(7-3-1)14-18-8-4-9-19(15-18)16-20-10-12-22-21(24-20)25-13-5-11-23-25/h1-13,15H,14,16H2. The first-order valence-electron chi connectivity index (χ1n) is 8.30. The van der Waals surface area contributed by atoms with E-state index in [-0.39, 0.29) is 0 Å². The molecule has 4 aromatic rings. The van der Waals surface area contributed by atoms with Gasteiger partial charge in [0.15, 0.2) is 0 Å². The van der Waals surface area contributed by atoms with Gasteiger partial charge in [-0.3, -0.25) is 0 Å². The molecule has 4 rings (SSSR count). The quantitative estimate of drug-likeness (QED) is 0.559. The van der Waals surface area contributed by atoms with Crippen LogP contribution in [-0.2, 0) is 12.8 Å². The van der Waals surface area contributed by atoms with Gasteiger partial charge in [-0.1, -0.05) is 54.6 Å². The number of hydrogen-bond acceptors (Lipinski definition) is 3. The second-order valence-electron chi connectivity index (χ2n) is 5.96. The molecule has 122 valence electrons. The molecule has 0 atom stereocenters. The van der Waals surface area contributed by atoms with Crippen molar-refractivity contribution in [2.45, 2.75) is 12.8 Å². The predicted octanol–water partition coefficient (Wildman–Crippen LogP) is 3.84. The van der Waals surface area contributed by atoms with E-state index in [9.17, 15) is 0 Å². The maximum Gasteiger partial charge on any atom is 0.250 e. The van der Waals surface area contributed by atoms with E-state index in [1.165, 1.54) is 16.7 Å². The van der Waals surface area contributed by atoms with E-state index in [1.807, 2.05) is 24.4 Å². The highest BCUT2D eigenvalue weighted by Crippen LogP contribution is 2.14. The maximum absolute atomic E-state index is 4.61. The first-order valence-corrected chi connectivity index (χ1v) is 8.30. The van der Waals surface area contributed by atoms with E-state index < -0.39 is 0 Å². The highest BCUT2D eigenvalue weighted by atomic mass is 15.3. The molecule has 2 heterocycles. The lowest BCUT2D eigenvalue weighted by molar-refractivity contribution is 0.795. The van der Waals surface area contributed by atoms with E-state index in [1.54, 1.807) is 17.1 Å². The Morgan fingerprint density at radius 2 is 1.52 bits per heavy atom. The van der Waals surface area contributed by atoms with Crippen molar-refractivity contribution >= 4 is 0 Å². The van der Waals surface area contributed by atoms with Gasteiger partial charge in [0.1, 0.15) is 0 Å². The Morgan fingerprint density at radius 1 is 0.720 bits per heavy atom. The highest BCUT2D eigenvalue weighted by molar-refractivity contribution is 5.31. The summed E-state index contributed by atoms with van der Waals surface area (Å²) >= 11 is 0. The van der Waals surface area contributed by atoms with Crippen LogP contribution in [0.5, 0.6) is 0 Å². The minimum Gasteiger partial charge on any atom is -0.220 e. The van der Waals surface area contributed by atoms with Gasteiger partial charge in [0, 0.05) is 25.0 Å². The van der Waals surface area contributed by atoms with Gasteiger partial charge < -0.3 is 0 Å². The van der Waals surface area contributed by atoms with Crippen LogP contribution < -0.4 is 0 Å². The van der Waals surface area contributed by atoms with Crippen LogP contribution in [0, 0.1) is 0 Å². The molecular formula is C21H18N4. The summed E-state index contributed by atoms with van der Waals surface area (Å²) in [7, 11) is 0. The summed E-state index contributed by atoms with van der Waals surface area (Å²) in [6.45, 7) is 0. The van der Waals surface area contributed by atoms with Crippen molar-refractivity contribution in [1.82, 2.24) is 19.7 Å². The van der Waals surface area contributed by atoms with E-state index >= 15 is 0 Å². The second-order valence-corrected chi connectivity index (χ2v) is 5.96. The average Bonchev–Trinajstić information content (AvgIpc) is 3.18. The molecule has 2 aromatic carbocycles. The van der Waals surface area contributed by atoms with Crippen LogP contribution in [-0.4, -0.2) is 19.7 Å². The van der Waals surface area contributed by atoms with Crippen molar-refractivity contribution < 1.29 is 0 Å². The minimum absolute atomic E-state index is 0.600. The van der Waals surface area contributed by atoms with Gasteiger partial charge in [0.2, 0.25) is 0 Å². The van der Waals surface area contributed by atoms with Crippen molar-refractivity contribution in [2.75, 3.05) is 0 Å². The summed E-state index contributed by atoms with van der Waals surface area (Å²) in [6, 6.07) is 23.0. The van der Waals surface area contributed by atoms with Gasteiger partial charge in [-0.25, -0.2) is 14.6 Å². The number of rotatable bonds is 5. The van der Waals surface area contributed by atoms with Crippen LogP contribution in [0.1, 0.15) is 22.4 Å². The molecule has 0 amide bonds. The van der Waals surface area contributed by atoms with Crippen LogP contribution in [0.2, 0.25) is 0 Å². The first kappa shape index (κ1) is 15.3. The molecule has 0 fully saturated rings. The number of hydrogen-bond donors (Lipinski definition) is 0.